The van der Waals surface area contributed by atoms with Gasteiger partial charge in [0.2, 0.25) is 0 Å². The van der Waals surface area contributed by atoms with E-state index in [9.17, 15) is 0 Å². The number of hydrogen-bond acceptors (Lipinski definition) is 0. The topological polar surface area (TPSA) is 0 Å². The zero-order valence-electron chi connectivity index (χ0n) is 7.20. The van der Waals surface area contributed by atoms with Gasteiger partial charge in [-0.15, -0.1) is 33.2 Å². The van der Waals surface area contributed by atoms with Crippen LogP contribution in [0.2, 0.25) is 5.54 Å². The van der Waals surface area contributed by atoms with Crippen LogP contribution in [0.1, 0.15) is 33.6 Å². The summed E-state index contributed by atoms with van der Waals surface area (Å²) in [5.74, 6) is 0.628. The molecule has 0 heterocycles. The highest BCUT2D eigenvalue weighted by Crippen LogP contribution is 2.40. The van der Waals surface area contributed by atoms with E-state index in [1.165, 1.54) is 0 Å². The molecule has 0 aromatic carbocycles. The van der Waals surface area contributed by atoms with E-state index in [2.05, 4.69) is 20.8 Å². The first kappa shape index (κ1) is 12.1. The molecule has 0 radical (unpaired) electrons. The van der Waals surface area contributed by atoms with Gasteiger partial charge in [0.05, 0.1) is 0 Å². The van der Waals surface area contributed by atoms with Crippen LogP contribution in [0.25, 0.3) is 0 Å². The maximum atomic E-state index is 5.91. The minimum atomic E-state index is -2.43. The summed E-state index contributed by atoms with van der Waals surface area (Å²) in [6, 6.07) is -2.43. The molecule has 0 aliphatic heterocycles. The molecule has 0 bridgehead atoms. The van der Waals surface area contributed by atoms with E-state index in [-0.39, 0.29) is 0 Å². The second-order valence-electron chi connectivity index (χ2n) is 3.28. The van der Waals surface area contributed by atoms with Crippen LogP contribution in [0.3, 0.4) is 0 Å². The Bertz CT molecular complexity index is 109. The van der Waals surface area contributed by atoms with Gasteiger partial charge in [-0.25, -0.2) is 0 Å². The number of rotatable bonds is 4. The van der Waals surface area contributed by atoms with Gasteiger partial charge in [0.1, 0.15) is 0 Å². The fourth-order valence-corrected chi connectivity index (χ4v) is 4.49. The molecule has 0 aliphatic rings. The van der Waals surface area contributed by atoms with Crippen molar-refractivity contribution >= 4 is 39.2 Å². The average Bonchev–Trinajstić information content (AvgIpc) is 1.79. The second-order valence-corrected chi connectivity index (χ2v) is 12.3. The zero-order chi connectivity index (χ0) is 9.07. The predicted octanol–water partition coefficient (Wildman–Crippen LogP) is 4.47. The van der Waals surface area contributed by atoms with Gasteiger partial charge in [-0.3, -0.25) is 0 Å². The molecule has 1 atom stereocenters. The third kappa shape index (κ3) is 5.35. The van der Waals surface area contributed by atoms with Crippen LogP contribution in [0.15, 0.2) is 0 Å². The summed E-state index contributed by atoms with van der Waals surface area (Å²) >= 11 is 17.7. The van der Waals surface area contributed by atoms with Crippen molar-refractivity contribution in [3.63, 3.8) is 0 Å². The minimum Gasteiger partial charge on any atom is -0.126 e. The van der Waals surface area contributed by atoms with Crippen molar-refractivity contribution < 1.29 is 0 Å². The molecule has 4 heteroatoms. The summed E-state index contributed by atoms with van der Waals surface area (Å²) in [5.41, 5.74) is 0.326. The maximum Gasteiger partial charge on any atom is 0.344 e. The van der Waals surface area contributed by atoms with Crippen molar-refractivity contribution in [2.24, 2.45) is 5.92 Å². The van der Waals surface area contributed by atoms with Crippen molar-refractivity contribution in [3.05, 3.63) is 0 Å². The summed E-state index contributed by atoms with van der Waals surface area (Å²) in [7, 11) is 0. The third-order valence-electron chi connectivity index (χ3n) is 1.71. The highest BCUT2D eigenvalue weighted by atomic mass is 35.8. The fraction of sp³-hybridized carbons (Fsp3) is 1.00. The lowest BCUT2D eigenvalue weighted by Gasteiger charge is -2.22. The first-order valence-electron chi connectivity index (χ1n) is 3.94. The van der Waals surface area contributed by atoms with Crippen LogP contribution in [0.4, 0.5) is 0 Å². The molecular weight excluding hydrogens is 219 g/mol. The van der Waals surface area contributed by atoms with Crippen LogP contribution in [-0.2, 0) is 0 Å². The van der Waals surface area contributed by atoms with Gasteiger partial charge < -0.3 is 0 Å². The van der Waals surface area contributed by atoms with Gasteiger partial charge in [0.25, 0.3) is 0 Å². The van der Waals surface area contributed by atoms with Gasteiger partial charge in [-0.2, -0.15) is 0 Å². The molecule has 0 saturated heterocycles. The van der Waals surface area contributed by atoms with Crippen molar-refractivity contribution in [2.45, 2.75) is 39.2 Å². The standard InChI is InChI=1S/C7H15Cl3Si/c1-4-7(5-6(2)3)11(8,9)10/h6-7H,4-5H2,1-3H3. The van der Waals surface area contributed by atoms with Crippen LogP contribution in [0.5, 0.6) is 0 Å². The Morgan fingerprint density at radius 3 is 1.73 bits per heavy atom. The molecule has 0 saturated carbocycles. The van der Waals surface area contributed by atoms with Gasteiger partial charge in [-0.1, -0.05) is 27.2 Å². The molecule has 0 aromatic rings. The van der Waals surface area contributed by atoms with E-state index in [0.29, 0.717) is 11.5 Å². The Hall–Kier alpha value is 1.09. The predicted molar refractivity (Wildman–Crippen MR) is 56.8 cm³/mol. The molecule has 0 aromatic heterocycles. The largest absolute Gasteiger partial charge is 0.344 e. The van der Waals surface area contributed by atoms with E-state index >= 15 is 0 Å². The molecule has 0 amide bonds. The third-order valence-corrected chi connectivity index (χ3v) is 6.06. The van der Waals surface area contributed by atoms with E-state index in [1.807, 2.05) is 0 Å². The fourth-order valence-electron chi connectivity index (χ4n) is 1.10. The van der Waals surface area contributed by atoms with E-state index < -0.39 is 6.00 Å². The first-order chi connectivity index (χ1) is 4.88. The molecule has 0 spiro atoms. The van der Waals surface area contributed by atoms with Gasteiger partial charge in [0, 0.05) is 0 Å². The van der Waals surface area contributed by atoms with Gasteiger partial charge >= 0.3 is 6.00 Å². The average molecular weight is 234 g/mol. The van der Waals surface area contributed by atoms with Gasteiger partial charge in [-0.05, 0) is 17.9 Å². The van der Waals surface area contributed by atoms with E-state index in [1.54, 1.807) is 0 Å². The normalized spacial score (nSPS) is 15.5. The lowest BCUT2D eigenvalue weighted by atomic mass is 10.1. The summed E-state index contributed by atoms with van der Waals surface area (Å²) in [6.45, 7) is 6.41. The van der Waals surface area contributed by atoms with Crippen LogP contribution < -0.4 is 0 Å². The van der Waals surface area contributed by atoms with Crippen molar-refractivity contribution in [1.29, 1.82) is 0 Å². The van der Waals surface area contributed by atoms with Crippen LogP contribution >= 0.6 is 33.2 Å². The SMILES string of the molecule is CCC(CC(C)C)[Si](Cl)(Cl)Cl. The first-order valence-corrected chi connectivity index (χ1v) is 9.06. The van der Waals surface area contributed by atoms with E-state index in [0.717, 1.165) is 12.8 Å². The highest BCUT2D eigenvalue weighted by molar-refractivity contribution is 7.65. The van der Waals surface area contributed by atoms with Gasteiger partial charge in [0.15, 0.2) is 0 Å². The molecule has 0 nitrogen and oxygen atoms in total. The summed E-state index contributed by atoms with van der Waals surface area (Å²) in [5, 5.41) is 0. The van der Waals surface area contributed by atoms with E-state index in [4.69, 9.17) is 33.2 Å². The molecule has 11 heavy (non-hydrogen) atoms. The monoisotopic (exact) mass is 232 g/mol. The quantitative estimate of drug-likeness (QED) is 0.497. The number of halogens is 3. The Balaban J connectivity index is 3.96. The molecule has 0 N–H and O–H groups in total. The van der Waals surface area contributed by atoms with Crippen molar-refractivity contribution in [1.82, 2.24) is 0 Å². The molecular formula is C7H15Cl3Si. The zero-order valence-corrected chi connectivity index (χ0v) is 10.5. The smallest absolute Gasteiger partial charge is 0.126 e. The Morgan fingerprint density at radius 2 is 1.64 bits per heavy atom. The van der Waals surface area contributed by atoms with Crippen molar-refractivity contribution in [2.75, 3.05) is 0 Å². The Labute approximate surface area is 84.3 Å². The van der Waals surface area contributed by atoms with Crippen LogP contribution in [-0.4, -0.2) is 6.00 Å². The van der Waals surface area contributed by atoms with Crippen molar-refractivity contribution in [3.8, 4) is 0 Å². The molecule has 1 unspecified atom stereocenters. The summed E-state index contributed by atoms with van der Waals surface area (Å²) < 4.78 is 0. The summed E-state index contributed by atoms with van der Waals surface area (Å²) in [4.78, 5) is 0. The maximum absolute atomic E-state index is 5.91. The van der Waals surface area contributed by atoms with Crippen LogP contribution in [0, 0.1) is 5.92 Å². The molecule has 0 fully saturated rings. The minimum absolute atomic E-state index is 0.326. The lowest BCUT2D eigenvalue weighted by Crippen LogP contribution is -2.20. The summed E-state index contributed by atoms with van der Waals surface area (Å²) in [6.07, 6.45) is 2.03. The Morgan fingerprint density at radius 1 is 1.18 bits per heavy atom. The second kappa shape index (κ2) is 4.96. The highest BCUT2D eigenvalue weighted by Gasteiger charge is 2.35. The lowest BCUT2D eigenvalue weighted by molar-refractivity contribution is 0.546. The molecule has 68 valence electrons. The Kier molecular flexibility index (Phi) is 5.45. The molecule has 0 rings (SSSR count). The number of hydrogen-bond donors (Lipinski definition) is 0. The molecule has 0 aliphatic carbocycles.